The summed E-state index contributed by atoms with van der Waals surface area (Å²) in [6, 6.07) is 0.0865. The summed E-state index contributed by atoms with van der Waals surface area (Å²) in [7, 11) is 0. The molecular weight excluding hydrogens is 194 g/mol. The third-order valence-electron chi connectivity index (χ3n) is 2.33. The van der Waals surface area contributed by atoms with E-state index in [0.29, 0.717) is 0 Å². The molecule has 15 heavy (non-hydrogen) atoms. The summed E-state index contributed by atoms with van der Waals surface area (Å²) in [5.41, 5.74) is 0. The zero-order chi connectivity index (χ0) is 11.3. The van der Waals surface area contributed by atoms with Crippen molar-refractivity contribution in [3.63, 3.8) is 0 Å². The summed E-state index contributed by atoms with van der Waals surface area (Å²) < 4.78 is 5.13. The summed E-state index contributed by atoms with van der Waals surface area (Å²) in [6.07, 6.45) is 5.15. The molecule has 1 unspecified atom stereocenters. The van der Waals surface area contributed by atoms with Gasteiger partial charge in [-0.3, -0.25) is 0 Å². The maximum absolute atomic E-state index is 11.6. The van der Waals surface area contributed by atoms with E-state index in [1.54, 1.807) is 11.0 Å². The Hall–Kier alpha value is -1.03. The molecule has 0 bridgehead atoms. The van der Waals surface area contributed by atoms with Crippen molar-refractivity contribution in [1.82, 2.24) is 4.90 Å². The number of rotatable bonds is 3. The Morgan fingerprint density at radius 3 is 3.00 bits per heavy atom. The highest BCUT2D eigenvalue weighted by molar-refractivity contribution is 5.69. The van der Waals surface area contributed by atoms with Gasteiger partial charge in [0.1, 0.15) is 0 Å². The van der Waals surface area contributed by atoms with E-state index in [0.717, 1.165) is 19.4 Å². The Kier molecular flexibility index (Phi) is 4.62. The lowest BCUT2D eigenvalue weighted by Crippen LogP contribution is -2.36. The summed E-state index contributed by atoms with van der Waals surface area (Å²) in [4.78, 5) is 13.4. The lowest BCUT2D eigenvalue weighted by Gasteiger charge is -2.22. The quantitative estimate of drug-likeness (QED) is 0.723. The largest absolute Gasteiger partial charge is 0.447 e. The Labute approximate surface area is 90.5 Å². The summed E-state index contributed by atoms with van der Waals surface area (Å²) in [6.45, 7) is 4.44. The molecule has 0 saturated carbocycles. The van der Waals surface area contributed by atoms with E-state index in [1.165, 1.54) is 0 Å². The van der Waals surface area contributed by atoms with Crippen molar-refractivity contribution in [3.05, 3.63) is 12.2 Å². The molecule has 1 aliphatic heterocycles. The van der Waals surface area contributed by atoms with E-state index < -0.39 is 0 Å². The molecule has 1 N–H and O–H groups in total. The molecular formula is C11H19NO3. The monoisotopic (exact) mass is 213 g/mol. The average Bonchev–Trinajstić information content (AvgIpc) is 2.61. The molecule has 0 aliphatic carbocycles. The highest BCUT2D eigenvalue weighted by atomic mass is 16.6. The van der Waals surface area contributed by atoms with Crippen LogP contribution in [0.15, 0.2) is 12.2 Å². The van der Waals surface area contributed by atoms with Crippen molar-refractivity contribution >= 4 is 6.09 Å². The van der Waals surface area contributed by atoms with Gasteiger partial charge < -0.3 is 14.7 Å². The van der Waals surface area contributed by atoms with Crippen LogP contribution in [0, 0.1) is 0 Å². The maximum atomic E-state index is 11.6. The zero-order valence-electron chi connectivity index (χ0n) is 9.35. The predicted octanol–water partition coefficient (Wildman–Crippen LogP) is 1.54. The molecule has 86 valence electrons. The molecule has 0 aromatic heterocycles. The van der Waals surface area contributed by atoms with Crippen LogP contribution in [0.1, 0.15) is 26.7 Å². The van der Waals surface area contributed by atoms with Gasteiger partial charge in [-0.1, -0.05) is 12.2 Å². The van der Waals surface area contributed by atoms with E-state index in [1.807, 2.05) is 19.9 Å². The minimum atomic E-state index is -0.255. The highest BCUT2D eigenvalue weighted by Gasteiger charge is 2.28. The van der Waals surface area contributed by atoms with Gasteiger partial charge in [0.2, 0.25) is 0 Å². The van der Waals surface area contributed by atoms with Crippen molar-refractivity contribution in [2.75, 3.05) is 13.2 Å². The molecule has 1 heterocycles. The summed E-state index contributed by atoms with van der Waals surface area (Å²) in [5.74, 6) is 0. The molecule has 0 spiro atoms. The molecule has 1 atom stereocenters. The predicted molar refractivity (Wildman–Crippen MR) is 57.6 cm³/mol. The van der Waals surface area contributed by atoms with E-state index in [-0.39, 0.29) is 24.8 Å². The highest BCUT2D eigenvalue weighted by Crippen LogP contribution is 2.19. The second kappa shape index (κ2) is 5.75. The lowest BCUT2D eigenvalue weighted by molar-refractivity contribution is 0.0778. The minimum absolute atomic E-state index is 0.0174. The van der Waals surface area contributed by atoms with Crippen molar-refractivity contribution < 1.29 is 14.6 Å². The average molecular weight is 213 g/mol. The number of likely N-dealkylation sites (tertiary alicyclic amines) is 1. The first-order chi connectivity index (χ1) is 7.15. The molecule has 0 aromatic rings. The number of hydrogen-bond acceptors (Lipinski definition) is 3. The number of aliphatic hydroxyl groups excluding tert-OH is 1. The summed E-state index contributed by atoms with van der Waals surface area (Å²) in [5, 5.41) is 8.68. The number of hydrogen-bond donors (Lipinski definition) is 1. The Morgan fingerprint density at radius 1 is 1.67 bits per heavy atom. The van der Waals surface area contributed by atoms with Gasteiger partial charge in [-0.2, -0.15) is 0 Å². The number of nitrogens with zero attached hydrogens (tertiary/aromatic N) is 1. The number of carbonyl (C=O) groups is 1. The molecule has 0 radical (unpaired) electrons. The fraction of sp³-hybridized carbons (Fsp3) is 0.727. The van der Waals surface area contributed by atoms with Gasteiger partial charge in [-0.15, -0.1) is 0 Å². The van der Waals surface area contributed by atoms with E-state index in [2.05, 4.69) is 0 Å². The fourth-order valence-electron chi connectivity index (χ4n) is 1.71. The minimum Gasteiger partial charge on any atom is -0.447 e. The second-order valence-electron chi connectivity index (χ2n) is 3.95. The normalized spacial score (nSPS) is 21.6. The van der Waals surface area contributed by atoms with Crippen molar-refractivity contribution in [2.45, 2.75) is 38.8 Å². The summed E-state index contributed by atoms with van der Waals surface area (Å²) >= 11 is 0. The molecule has 0 aromatic carbocycles. The zero-order valence-corrected chi connectivity index (χ0v) is 9.35. The van der Waals surface area contributed by atoms with Crippen LogP contribution in [-0.4, -0.2) is 41.4 Å². The third kappa shape index (κ3) is 3.55. The van der Waals surface area contributed by atoms with Crippen molar-refractivity contribution in [2.24, 2.45) is 0 Å². The molecule has 1 saturated heterocycles. The van der Waals surface area contributed by atoms with E-state index in [9.17, 15) is 4.79 Å². The first-order valence-electron chi connectivity index (χ1n) is 5.40. The van der Waals surface area contributed by atoms with E-state index in [4.69, 9.17) is 9.84 Å². The van der Waals surface area contributed by atoms with Crippen LogP contribution in [0.2, 0.25) is 0 Å². The van der Waals surface area contributed by atoms with Gasteiger partial charge >= 0.3 is 6.09 Å². The van der Waals surface area contributed by atoms with E-state index >= 15 is 0 Å². The van der Waals surface area contributed by atoms with Crippen LogP contribution in [0.5, 0.6) is 0 Å². The van der Waals surface area contributed by atoms with Crippen LogP contribution in [0.25, 0.3) is 0 Å². The smallest absolute Gasteiger partial charge is 0.410 e. The molecule has 4 nitrogen and oxygen atoms in total. The molecule has 1 aliphatic rings. The van der Waals surface area contributed by atoms with Crippen LogP contribution >= 0.6 is 0 Å². The standard InChI is InChI=1S/C11H19NO3/c1-9(2)15-11(14)12-7-3-5-10(12)6-4-8-13/h4,6,9-10,13H,3,5,7-8H2,1-2H3/b6-4+. The van der Waals surface area contributed by atoms with Gasteiger partial charge in [-0.05, 0) is 26.7 Å². The van der Waals surface area contributed by atoms with Crippen molar-refractivity contribution in [3.8, 4) is 0 Å². The topological polar surface area (TPSA) is 49.8 Å². The van der Waals surface area contributed by atoms with Gasteiger partial charge in [-0.25, -0.2) is 4.79 Å². The number of carbonyl (C=O) groups excluding carboxylic acids is 1. The van der Waals surface area contributed by atoms with Crippen LogP contribution < -0.4 is 0 Å². The second-order valence-corrected chi connectivity index (χ2v) is 3.95. The molecule has 1 rings (SSSR count). The van der Waals surface area contributed by atoms with Crippen LogP contribution in [0.3, 0.4) is 0 Å². The maximum Gasteiger partial charge on any atom is 0.410 e. The Balaban J connectivity index is 2.52. The molecule has 1 amide bonds. The van der Waals surface area contributed by atoms with Gasteiger partial charge in [0.25, 0.3) is 0 Å². The number of aliphatic hydroxyl groups is 1. The van der Waals surface area contributed by atoms with Crippen LogP contribution in [-0.2, 0) is 4.74 Å². The molecule has 4 heteroatoms. The van der Waals surface area contributed by atoms with Crippen LogP contribution in [0.4, 0.5) is 4.79 Å². The third-order valence-corrected chi connectivity index (χ3v) is 2.33. The lowest BCUT2D eigenvalue weighted by atomic mass is 10.2. The first-order valence-corrected chi connectivity index (χ1v) is 5.40. The number of ether oxygens (including phenoxy) is 1. The van der Waals surface area contributed by atoms with Crippen molar-refractivity contribution in [1.29, 1.82) is 0 Å². The Bertz CT molecular complexity index is 238. The Morgan fingerprint density at radius 2 is 2.40 bits per heavy atom. The van der Waals surface area contributed by atoms with Gasteiger partial charge in [0, 0.05) is 6.54 Å². The SMILES string of the molecule is CC(C)OC(=O)N1CCCC1/C=C/CO. The molecule has 1 fully saturated rings. The van der Waals surface area contributed by atoms with Gasteiger partial charge in [0.05, 0.1) is 18.8 Å². The first kappa shape index (κ1) is 12.0. The van der Waals surface area contributed by atoms with Gasteiger partial charge in [0.15, 0.2) is 0 Å². The fourth-order valence-corrected chi connectivity index (χ4v) is 1.71. The number of amides is 1.